The molecule has 34 heavy (non-hydrogen) atoms. The zero-order chi connectivity index (χ0) is 24.0. The van der Waals surface area contributed by atoms with Crippen LogP contribution in [0.25, 0.3) is 11.0 Å². The molecule has 3 aromatic rings. The number of benzene rings is 2. The van der Waals surface area contributed by atoms with Gasteiger partial charge in [-0.1, -0.05) is 12.1 Å². The Hall–Kier alpha value is -3.56. The van der Waals surface area contributed by atoms with Crippen LogP contribution >= 0.6 is 0 Å². The second kappa shape index (κ2) is 8.66. The quantitative estimate of drug-likeness (QED) is 0.423. The zero-order valence-electron chi connectivity index (χ0n) is 19.1. The van der Waals surface area contributed by atoms with Crippen LogP contribution in [0.1, 0.15) is 38.9 Å². The number of nitro benzene ring substituents is 1. The van der Waals surface area contributed by atoms with E-state index in [0.29, 0.717) is 42.8 Å². The molecule has 1 aromatic heterocycles. The van der Waals surface area contributed by atoms with Crippen molar-refractivity contribution in [2.24, 2.45) is 0 Å². The number of rotatable bonds is 5. The standard InChI is InChI=1S/C25H25N3O6/c1-15-12-19-20(13-16(15)2)34-24-21(23(19)29)22(17-4-3-5-18(14-17)28(31)32)27(25(24)30)7-6-26-8-10-33-11-9-26/h3-5,12-14,22H,6-11H2,1-2H3. The van der Waals surface area contributed by atoms with Gasteiger partial charge in [-0.05, 0) is 42.7 Å². The van der Waals surface area contributed by atoms with Crippen LogP contribution in [-0.4, -0.2) is 60.0 Å². The fourth-order valence-corrected chi connectivity index (χ4v) is 4.74. The highest BCUT2D eigenvalue weighted by Gasteiger charge is 2.43. The first-order chi connectivity index (χ1) is 16.3. The molecule has 9 nitrogen and oxygen atoms in total. The second-order valence-electron chi connectivity index (χ2n) is 8.81. The van der Waals surface area contributed by atoms with Crippen LogP contribution in [0.3, 0.4) is 0 Å². The summed E-state index contributed by atoms with van der Waals surface area (Å²) in [5, 5.41) is 11.8. The highest BCUT2D eigenvalue weighted by molar-refractivity contribution is 5.99. The molecule has 1 atom stereocenters. The lowest BCUT2D eigenvalue weighted by Gasteiger charge is -2.31. The zero-order valence-corrected chi connectivity index (χ0v) is 19.1. The predicted octanol–water partition coefficient (Wildman–Crippen LogP) is 3.20. The number of aryl methyl sites for hydroxylation is 2. The molecular weight excluding hydrogens is 438 g/mol. The topological polar surface area (TPSA) is 106 Å². The Morgan fingerprint density at radius 3 is 2.53 bits per heavy atom. The maximum absolute atomic E-state index is 13.7. The summed E-state index contributed by atoms with van der Waals surface area (Å²) in [4.78, 5) is 42.0. The van der Waals surface area contributed by atoms with E-state index in [0.717, 1.165) is 24.2 Å². The summed E-state index contributed by atoms with van der Waals surface area (Å²) in [5.74, 6) is -0.365. The summed E-state index contributed by atoms with van der Waals surface area (Å²) in [7, 11) is 0. The minimum atomic E-state index is -0.759. The highest BCUT2D eigenvalue weighted by Crippen LogP contribution is 2.39. The van der Waals surface area contributed by atoms with E-state index in [1.807, 2.05) is 13.8 Å². The number of hydrogen-bond acceptors (Lipinski definition) is 7. The summed E-state index contributed by atoms with van der Waals surface area (Å²) >= 11 is 0. The number of morpholine rings is 1. The monoisotopic (exact) mass is 463 g/mol. The molecule has 0 bridgehead atoms. The van der Waals surface area contributed by atoms with Gasteiger partial charge in [0.05, 0.1) is 35.1 Å². The number of fused-ring (bicyclic) bond motifs is 2. The van der Waals surface area contributed by atoms with Gasteiger partial charge in [-0.25, -0.2) is 0 Å². The number of ether oxygens (including phenoxy) is 1. The molecule has 1 saturated heterocycles. The lowest BCUT2D eigenvalue weighted by atomic mass is 9.97. The van der Waals surface area contributed by atoms with E-state index in [-0.39, 0.29) is 28.3 Å². The average Bonchev–Trinajstić information content (AvgIpc) is 3.11. The third kappa shape index (κ3) is 3.76. The SMILES string of the molecule is Cc1cc2oc3c(c(=O)c2cc1C)C(c1cccc([N+](=O)[O-])c1)N(CCN1CCOCC1)C3=O. The Balaban J connectivity index is 1.64. The third-order valence-electron chi connectivity index (χ3n) is 6.74. The molecule has 176 valence electrons. The molecule has 5 rings (SSSR count). The number of nitro groups is 1. The van der Waals surface area contributed by atoms with Gasteiger partial charge in [0.2, 0.25) is 5.76 Å². The van der Waals surface area contributed by atoms with E-state index in [1.165, 1.54) is 12.1 Å². The van der Waals surface area contributed by atoms with Crippen molar-refractivity contribution in [2.75, 3.05) is 39.4 Å². The minimum Gasteiger partial charge on any atom is -0.450 e. The van der Waals surface area contributed by atoms with Gasteiger partial charge in [0.1, 0.15) is 5.58 Å². The molecule has 2 aromatic carbocycles. The lowest BCUT2D eigenvalue weighted by Crippen LogP contribution is -2.42. The predicted molar refractivity (Wildman–Crippen MR) is 125 cm³/mol. The van der Waals surface area contributed by atoms with E-state index in [4.69, 9.17) is 9.15 Å². The molecule has 0 spiro atoms. The Kier molecular flexibility index (Phi) is 5.66. The maximum atomic E-state index is 13.7. The lowest BCUT2D eigenvalue weighted by molar-refractivity contribution is -0.384. The van der Waals surface area contributed by atoms with E-state index < -0.39 is 11.0 Å². The molecule has 3 heterocycles. The summed E-state index contributed by atoms with van der Waals surface area (Å²) < 4.78 is 11.4. The molecule has 0 N–H and O–H groups in total. The van der Waals surface area contributed by atoms with Crippen molar-refractivity contribution in [1.82, 2.24) is 9.80 Å². The molecule has 2 aliphatic rings. The Labute approximate surface area is 195 Å². The maximum Gasteiger partial charge on any atom is 0.290 e. The van der Waals surface area contributed by atoms with Gasteiger partial charge in [0, 0.05) is 38.3 Å². The van der Waals surface area contributed by atoms with Crippen LogP contribution in [0, 0.1) is 24.0 Å². The van der Waals surface area contributed by atoms with Gasteiger partial charge in [-0.15, -0.1) is 0 Å². The molecule has 2 aliphatic heterocycles. The number of non-ortho nitro benzene ring substituents is 1. The molecule has 1 amide bonds. The fraction of sp³-hybridized carbons (Fsp3) is 0.360. The van der Waals surface area contributed by atoms with Crippen molar-refractivity contribution in [2.45, 2.75) is 19.9 Å². The molecule has 0 radical (unpaired) electrons. The van der Waals surface area contributed by atoms with Crippen molar-refractivity contribution in [3.8, 4) is 0 Å². The van der Waals surface area contributed by atoms with Crippen molar-refractivity contribution in [3.05, 3.63) is 84.7 Å². The van der Waals surface area contributed by atoms with Crippen LogP contribution in [0.15, 0.2) is 45.6 Å². The number of carbonyl (C=O) groups is 1. The molecule has 1 fully saturated rings. The molecule has 9 heteroatoms. The number of nitrogens with zero attached hydrogens (tertiary/aromatic N) is 3. The number of carbonyl (C=O) groups excluding carboxylic acids is 1. The van der Waals surface area contributed by atoms with Crippen molar-refractivity contribution >= 4 is 22.6 Å². The van der Waals surface area contributed by atoms with Gasteiger partial charge in [0.25, 0.3) is 11.6 Å². The van der Waals surface area contributed by atoms with Gasteiger partial charge >= 0.3 is 0 Å². The van der Waals surface area contributed by atoms with Gasteiger partial charge in [-0.2, -0.15) is 0 Å². The summed E-state index contributed by atoms with van der Waals surface area (Å²) in [6.45, 7) is 7.57. The normalized spacial score (nSPS) is 18.5. The smallest absolute Gasteiger partial charge is 0.290 e. The summed E-state index contributed by atoms with van der Waals surface area (Å²) in [5.41, 5.74) is 2.65. The number of amides is 1. The van der Waals surface area contributed by atoms with Crippen LogP contribution < -0.4 is 5.43 Å². The first-order valence-corrected chi connectivity index (χ1v) is 11.3. The van der Waals surface area contributed by atoms with E-state index in [2.05, 4.69) is 4.90 Å². The molecule has 0 saturated carbocycles. The Morgan fingerprint density at radius 1 is 1.06 bits per heavy atom. The van der Waals surface area contributed by atoms with Gasteiger partial charge in [0.15, 0.2) is 5.43 Å². The third-order valence-corrected chi connectivity index (χ3v) is 6.74. The molecular formula is C25H25N3O6. The van der Waals surface area contributed by atoms with E-state index in [1.54, 1.807) is 29.2 Å². The van der Waals surface area contributed by atoms with Crippen LogP contribution in [0.4, 0.5) is 5.69 Å². The van der Waals surface area contributed by atoms with Crippen LogP contribution in [-0.2, 0) is 4.74 Å². The van der Waals surface area contributed by atoms with Crippen molar-refractivity contribution < 1.29 is 18.9 Å². The van der Waals surface area contributed by atoms with Crippen LogP contribution in [0.2, 0.25) is 0 Å². The average molecular weight is 463 g/mol. The van der Waals surface area contributed by atoms with Crippen LogP contribution in [0.5, 0.6) is 0 Å². The Morgan fingerprint density at radius 2 is 1.79 bits per heavy atom. The highest BCUT2D eigenvalue weighted by atomic mass is 16.6. The largest absolute Gasteiger partial charge is 0.450 e. The first-order valence-electron chi connectivity index (χ1n) is 11.3. The van der Waals surface area contributed by atoms with Gasteiger partial charge in [-0.3, -0.25) is 24.6 Å². The minimum absolute atomic E-state index is 0.0132. The van der Waals surface area contributed by atoms with Gasteiger partial charge < -0.3 is 14.1 Å². The molecule has 1 unspecified atom stereocenters. The van der Waals surface area contributed by atoms with E-state index in [9.17, 15) is 19.7 Å². The fourth-order valence-electron chi connectivity index (χ4n) is 4.74. The molecule has 0 aliphatic carbocycles. The first kappa shape index (κ1) is 22.2. The second-order valence-corrected chi connectivity index (χ2v) is 8.81. The summed E-state index contributed by atoms with van der Waals surface area (Å²) in [6.07, 6.45) is 0. The Bertz CT molecular complexity index is 1360. The van der Waals surface area contributed by atoms with Crippen molar-refractivity contribution in [3.63, 3.8) is 0 Å². The van der Waals surface area contributed by atoms with E-state index >= 15 is 0 Å². The number of hydrogen-bond donors (Lipinski definition) is 0. The van der Waals surface area contributed by atoms with Crippen molar-refractivity contribution in [1.29, 1.82) is 0 Å². The summed E-state index contributed by atoms with van der Waals surface area (Å²) in [6, 6.07) is 8.91.